The Morgan fingerprint density at radius 3 is 2.95 bits per heavy atom. The molecule has 1 aromatic carbocycles. The first kappa shape index (κ1) is 13.9. The van der Waals surface area contributed by atoms with E-state index in [2.05, 4.69) is 10.3 Å². The minimum Gasteiger partial charge on any atom is -0.298 e. The quantitative estimate of drug-likeness (QED) is 0.532. The molecule has 0 saturated heterocycles. The Morgan fingerprint density at radius 2 is 2.30 bits per heavy atom. The first-order valence-electron chi connectivity index (χ1n) is 5.70. The van der Waals surface area contributed by atoms with E-state index in [9.17, 15) is 14.9 Å². The maximum absolute atomic E-state index is 11.6. The van der Waals surface area contributed by atoms with Crippen LogP contribution in [0.25, 0.3) is 6.08 Å². The van der Waals surface area contributed by atoms with Gasteiger partial charge in [-0.1, -0.05) is 12.1 Å². The molecule has 2 rings (SSSR count). The summed E-state index contributed by atoms with van der Waals surface area (Å²) in [6.07, 6.45) is 2.83. The number of carbonyl (C=O) groups is 1. The molecule has 0 unspecified atom stereocenters. The molecule has 7 heteroatoms. The van der Waals surface area contributed by atoms with Crippen molar-refractivity contribution in [1.29, 1.82) is 0 Å². The number of rotatable bonds is 4. The summed E-state index contributed by atoms with van der Waals surface area (Å²) in [5, 5.41) is 15.6. The van der Waals surface area contributed by atoms with Gasteiger partial charge in [0.2, 0.25) is 5.91 Å². The van der Waals surface area contributed by atoms with Crippen LogP contribution in [0.2, 0.25) is 0 Å². The van der Waals surface area contributed by atoms with Gasteiger partial charge in [-0.3, -0.25) is 20.2 Å². The van der Waals surface area contributed by atoms with E-state index in [1.807, 2.05) is 12.3 Å². The molecule has 0 fully saturated rings. The molecule has 6 nitrogen and oxygen atoms in total. The molecule has 2 aromatic rings. The highest BCUT2D eigenvalue weighted by Crippen LogP contribution is 2.16. The number of amides is 1. The fourth-order valence-corrected chi connectivity index (χ4v) is 2.16. The van der Waals surface area contributed by atoms with E-state index in [4.69, 9.17) is 0 Å². The van der Waals surface area contributed by atoms with E-state index in [0.717, 1.165) is 5.69 Å². The molecular weight excluding hydrogens is 278 g/mol. The van der Waals surface area contributed by atoms with Crippen molar-refractivity contribution in [2.24, 2.45) is 0 Å². The number of nitro groups is 1. The van der Waals surface area contributed by atoms with Gasteiger partial charge in [0, 0.05) is 23.6 Å². The zero-order valence-corrected chi connectivity index (χ0v) is 11.4. The summed E-state index contributed by atoms with van der Waals surface area (Å²) in [4.78, 5) is 25.9. The average Bonchev–Trinajstić information content (AvgIpc) is 2.82. The maximum atomic E-state index is 11.6. The molecule has 0 aliphatic rings. The summed E-state index contributed by atoms with van der Waals surface area (Å²) in [6, 6.07) is 6.05. The normalized spacial score (nSPS) is 10.7. The Balaban J connectivity index is 2.03. The molecule has 1 N–H and O–H groups in total. The lowest BCUT2D eigenvalue weighted by Gasteiger charge is -1.96. The van der Waals surface area contributed by atoms with E-state index in [0.29, 0.717) is 10.7 Å². The molecule has 20 heavy (non-hydrogen) atoms. The predicted octanol–water partition coefficient (Wildman–Crippen LogP) is 3.01. The Hall–Kier alpha value is -2.54. The third-order valence-electron chi connectivity index (χ3n) is 2.36. The van der Waals surface area contributed by atoms with Crippen molar-refractivity contribution in [3.8, 4) is 0 Å². The van der Waals surface area contributed by atoms with Crippen LogP contribution in [-0.4, -0.2) is 15.8 Å². The Labute approximate surface area is 118 Å². The first-order valence-corrected chi connectivity index (χ1v) is 6.58. The highest BCUT2D eigenvalue weighted by atomic mass is 32.1. The number of nitro benzene ring substituents is 1. The van der Waals surface area contributed by atoms with Gasteiger partial charge in [-0.05, 0) is 18.6 Å². The van der Waals surface area contributed by atoms with Crippen LogP contribution in [0.15, 0.2) is 35.7 Å². The summed E-state index contributed by atoms with van der Waals surface area (Å²) < 4.78 is 0. The molecule has 1 aromatic heterocycles. The Bertz CT molecular complexity index is 679. The second kappa shape index (κ2) is 6.07. The lowest BCUT2D eigenvalue weighted by molar-refractivity contribution is -0.384. The van der Waals surface area contributed by atoms with Crippen molar-refractivity contribution >= 4 is 34.1 Å². The molecule has 1 heterocycles. The SMILES string of the molecule is Cc1csc(NC(=O)C=Cc2cccc([N+](=O)[O-])c2)n1. The topological polar surface area (TPSA) is 85.1 Å². The van der Waals surface area contributed by atoms with Crippen LogP contribution in [0.5, 0.6) is 0 Å². The number of nitrogens with one attached hydrogen (secondary N) is 1. The molecule has 102 valence electrons. The van der Waals surface area contributed by atoms with Crippen molar-refractivity contribution in [1.82, 2.24) is 4.98 Å². The molecule has 0 aliphatic heterocycles. The standard InChI is InChI=1S/C13H11N3O3S/c1-9-8-20-13(14-9)15-12(17)6-5-10-3-2-4-11(7-10)16(18)19/h2-8H,1H3,(H,14,15,17). The summed E-state index contributed by atoms with van der Waals surface area (Å²) in [7, 11) is 0. The number of thiazole rings is 1. The van der Waals surface area contributed by atoms with Gasteiger partial charge in [0.15, 0.2) is 5.13 Å². The van der Waals surface area contributed by atoms with Gasteiger partial charge in [-0.25, -0.2) is 4.98 Å². The number of aryl methyl sites for hydroxylation is 1. The van der Waals surface area contributed by atoms with Crippen molar-refractivity contribution in [3.63, 3.8) is 0 Å². The molecule has 0 radical (unpaired) electrons. The number of non-ortho nitro benzene ring substituents is 1. The second-order valence-corrected chi connectivity index (χ2v) is 4.83. The monoisotopic (exact) mass is 289 g/mol. The number of benzene rings is 1. The Morgan fingerprint density at radius 1 is 1.50 bits per heavy atom. The highest BCUT2D eigenvalue weighted by Gasteiger charge is 2.05. The van der Waals surface area contributed by atoms with Crippen LogP contribution in [0.3, 0.4) is 0 Å². The molecular formula is C13H11N3O3S. The summed E-state index contributed by atoms with van der Waals surface area (Å²) >= 11 is 1.34. The van der Waals surface area contributed by atoms with Gasteiger partial charge < -0.3 is 0 Å². The summed E-state index contributed by atoms with van der Waals surface area (Å²) in [5.74, 6) is -0.328. The molecule has 0 atom stereocenters. The molecule has 0 spiro atoms. The van der Waals surface area contributed by atoms with E-state index in [-0.39, 0.29) is 11.6 Å². The number of hydrogen-bond donors (Lipinski definition) is 1. The number of hydrogen-bond acceptors (Lipinski definition) is 5. The van der Waals surface area contributed by atoms with E-state index in [1.54, 1.807) is 12.1 Å². The fraction of sp³-hybridized carbons (Fsp3) is 0.0769. The average molecular weight is 289 g/mol. The predicted molar refractivity (Wildman–Crippen MR) is 77.6 cm³/mol. The molecule has 0 aliphatic carbocycles. The van der Waals surface area contributed by atoms with Gasteiger partial charge in [0.05, 0.1) is 10.6 Å². The van der Waals surface area contributed by atoms with Crippen LogP contribution in [-0.2, 0) is 4.79 Å². The van der Waals surface area contributed by atoms with E-state index < -0.39 is 4.92 Å². The number of aromatic nitrogens is 1. The summed E-state index contributed by atoms with van der Waals surface area (Å²) in [6.45, 7) is 1.84. The zero-order chi connectivity index (χ0) is 14.5. The number of nitrogens with zero attached hydrogens (tertiary/aromatic N) is 2. The van der Waals surface area contributed by atoms with Gasteiger partial charge in [0.25, 0.3) is 5.69 Å². The van der Waals surface area contributed by atoms with Gasteiger partial charge in [-0.15, -0.1) is 11.3 Å². The van der Waals surface area contributed by atoms with E-state index >= 15 is 0 Å². The molecule has 1 amide bonds. The molecule has 0 saturated carbocycles. The van der Waals surface area contributed by atoms with Gasteiger partial charge >= 0.3 is 0 Å². The molecule has 0 bridgehead atoms. The van der Waals surface area contributed by atoms with Crippen LogP contribution < -0.4 is 5.32 Å². The summed E-state index contributed by atoms with van der Waals surface area (Å²) in [5.41, 5.74) is 1.42. The van der Waals surface area contributed by atoms with Crippen LogP contribution in [0, 0.1) is 17.0 Å². The third-order valence-corrected chi connectivity index (χ3v) is 3.23. The van der Waals surface area contributed by atoms with Gasteiger partial charge in [-0.2, -0.15) is 0 Å². The van der Waals surface area contributed by atoms with Crippen molar-refractivity contribution in [2.45, 2.75) is 6.92 Å². The van der Waals surface area contributed by atoms with Crippen LogP contribution in [0.1, 0.15) is 11.3 Å². The zero-order valence-electron chi connectivity index (χ0n) is 10.6. The third kappa shape index (κ3) is 3.72. The highest BCUT2D eigenvalue weighted by molar-refractivity contribution is 7.13. The van der Waals surface area contributed by atoms with Crippen molar-refractivity contribution in [2.75, 3.05) is 5.32 Å². The van der Waals surface area contributed by atoms with Crippen LogP contribution in [0.4, 0.5) is 10.8 Å². The smallest absolute Gasteiger partial charge is 0.270 e. The fourth-order valence-electron chi connectivity index (χ4n) is 1.47. The first-order chi connectivity index (χ1) is 9.54. The number of anilines is 1. The van der Waals surface area contributed by atoms with Crippen molar-refractivity contribution in [3.05, 3.63) is 57.1 Å². The Kier molecular flexibility index (Phi) is 4.21. The van der Waals surface area contributed by atoms with Gasteiger partial charge in [0.1, 0.15) is 0 Å². The maximum Gasteiger partial charge on any atom is 0.270 e. The minimum atomic E-state index is -0.476. The lowest BCUT2D eigenvalue weighted by Crippen LogP contribution is -2.07. The largest absolute Gasteiger partial charge is 0.298 e. The number of carbonyl (C=O) groups excluding carboxylic acids is 1. The van der Waals surface area contributed by atoms with Crippen molar-refractivity contribution < 1.29 is 9.72 Å². The van der Waals surface area contributed by atoms with E-state index in [1.165, 1.54) is 35.6 Å². The van der Waals surface area contributed by atoms with Crippen LogP contribution >= 0.6 is 11.3 Å². The minimum absolute atomic E-state index is 0.0110. The lowest BCUT2D eigenvalue weighted by atomic mass is 10.2. The second-order valence-electron chi connectivity index (χ2n) is 3.97.